The van der Waals surface area contributed by atoms with Crippen LogP contribution in [0.25, 0.3) is 0 Å². The van der Waals surface area contributed by atoms with Gasteiger partial charge in [-0.15, -0.1) is 11.6 Å². The Morgan fingerprint density at radius 3 is 2.56 bits per heavy atom. The topological polar surface area (TPSA) is 26.3 Å². The number of benzene rings is 1. The Bertz CT molecular complexity index is 396. The van der Waals surface area contributed by atoms with Gasteiger partial charge in [0.2, 0.25) is 0 Å². The molecule has 0 bridgehead atoms. The van der Waals surface area contributed by atoms with Gasteiger partial charge in [0.1, 0.15) is 11.1 Å². The minimum atomic E-state index is -2.93. The van der Waals surface area contributed by atoms with Gasteiger partial charge in [0.15, 0.2) is 5.78 Å². The summed E-state index contributed by atoms with van der Waals surface area (Å²) in [5.74, 6) is -0.404. The molecule has 0 amide bonds. The molecule has 1 aromatic carbocycles. The second-order valence-corrected chi connectivity index (χ2v) is 3.88. The maximum Gasteiger partial charge on any atom is 0.387 e. The van der Waals surface area contributed by atoms with Crippen molar-refractivity contribution in [1.82, 2.24) is 0 Å². The molecule has 0 aliphatic carbocycles. The Morgan fingerprint density at radius 1 is 1.44 bits per heavy atom. The average molecular weight is 269 g/mol. The molecule has 0 saturated heterocycles. The predicted molar refractivity (Wildman–Crippen MR) is 57.4 cm³/mol. The van der Waals surface area contributed by atoms with Crippen LogP contribution in [0.5, 0.6) is 5.75 Å². The highest BCUT2D eigenvalue weighted by Crippen LogP contribution is 2.32. The highest BCUT2D eigenvalue weighted by atomic mass is 35.5. The Balaban J connectivity index is 3.03. The standard InChI is InChI=1S/C10H8Cl2F2O2/c1-5(15)9(12)7-4-6(16-10(13)14)2-3-8(7)11/h2-4,9-10H,1H3. The summed E-state index contributed by atoms with van der Waals surface area (Å²) in [6, 6.07) is 3.86. The first-order valence-corrected chi connectivity index (χ1v) is 5.12. The van der Waals surface area contributed by atoms with Crippen molar-refractivity contribution in [2.45, 2.75) is 18.9 Å². The molecule has 6 heteroatoms. The maximum atomic E-state index is 12.0. The number of ether oxygens (including phenoxy) is 1. The van der Waals surface area contributed by atoms with Gasteiger partial charge in [-0.05, 0) is 30.7 Å². The number of hydrogen-bond acceptors (Lipinski definition) is 2. The quantitative estimate of drug-likeness (QED) is 0.777. The van der Waals surface area contributed by atoms with Crippen LogP contribution in [0, 0.1) is 0 Å². The normalized spacial score (nSPS) is 12.6. The van der Waals surface area contributed by atoms with E-state index in [2.05, 4.69) is 4.74 Å². The zero-order valence-corrected chi connectivity index (χ0v) is 9.73. The summed E-state index contributed by atoms with van der Waals surface area (Å²) in [7, 11) is 0. The van der Waals surface area contributed by atoms with Crippen LogP contribution in [0.1, 0.15) is 17.9 Å². The first-order chi connectivity index (χ1) is 7.41. The molecule has 0 spiro atoms. The lowest BCUT2D eigenvalue weighted by molar-refractivity contribution is -0.116. The molecule has 2 nitrogen and oxygen atoms in total. The lowest BCUT2D eigenvalue weighted by Crippen LogP contribution is -2.05. The largest absolute Gasteiger partial charge is 0.435 e. The molecule has 1 unspecified atom stereocenters. The minimum Gasteiger partial charge on any atom is -0.435 e. The van der Waals surface area contributed by atoms with Gasteiger partial charge in [-0.2, -0.15) is 8.78 Å². The van der Waals surface area contributed by atoms with Crippen LogP contribution in [-0.2, 0) is 4.79 Å². The molecule has 1 rings (SSSR count). The van der Waals surface area contributed by atoms with E-state index in [9.17, 15) is 13.6 Å². The number of rotatable bonds is 4. The number of ketones is 1. The summed E-state index contributed by atoms with van der Waals surface area (Å²) < 4.78 is 28.1. The van der Waals surface area contributed by atoms with E-state index in [1.165, 1.54) is 25.1 Å². The van der Waals surface area contributed by atoms with E-state index < -0.39 is 12.0 Å². The van der Waals surface area contributed by atoms with E-state index in [0.29, 0.717) is 0 Å². The van der Waals surface area contributed by atoms with Crippen molar-refractivity contribution in [3.8, 4) is 5.75 Å². The predicted octanol–water partition coefficient (Wildman–Crippen LogP) is 3.81. The Hall–Kier alpha value is -0.870. The van der Waals surface area contributed by atoms with Crippen molar-refractivity contribution in [3.05, 3.63) is 28.8 Å². The summed E-state index contributed by atoms with van der Waals surface area (Å²) in [5, 5.41) is -0.731. The van der Waals surface area contributed by atoms with E-state index in [0.717, 1.165) is 0 Å². The number of carbonyl (C=O) groups excluding carboxylic acids is 1. The molecule has 16 heavy (non-hydrogen) atoms. The van der Waals surface area contributed by atoms with Crippen molar-refractivity contribution < 1.29 is 18.3 Å². The third-order valence-electron chi connectivity index (χ3n) is 1.82. The molecule has 0 aliphatic rings. The van der Waals surface area contributed by atoms with Gasteiger partial charge in [0.25, 0.3) is 0 Å². The number of carbonyl (C=O) groups is 1. The Labute approximate surface area is 101 Å². The molecule has 0 fully saturated rings. The van der Waals surface area contributed by atoms with Crippen LogP contribution in [0.4, 0.5) is 8.78 Å². The van der Waals surface area contributed by atoms with Gasteiger partial charge < -0.3 is 4.74 Å². The summed E-state index contributed by atoms with van der Waals surface area (Å²) in [6.45, 7) is -1.64. The van der Waals surface area contributed by atoms with Crippen LogP contribution in [0.3, 0.4) is 0 Å². The summed E-state index contributed by atoms with van der Waals surface area (Å²) in [5.41, 5.74) is 0.258. The number of halogens is 4. The highest BCUT2D eigenvalue weighted by molar-refractivity contribution is 6.35. The fourth-order valence-corrected chi connectivity index (χ4v) is 1.57. The van der Waals surface area contributed by atoms with Crippen LogP contribution in [-0.4, -0.2) is 12.4 Å². The number of hydrogen-bond donors (Lipinski definition) is 0. The Morgan fingerprint density at radius 2 is 2.06 bits per heavy atom. The van der Waals surface area contributed by atoms with Crippen molar-refractivity contribution in [2.24, 2.45) is 0 Å². The SMILES string of the molecule is CC(=O)C(Cl)c1cc(OC(F)F)ccc1Cl. The molecule has 1 atom stereocenters. The van der Waals surface area contributed by atoms with E-state index in [4.69, 9.17) is 23.2 Å². The Kier molecular flexibility index (Phi) is 4.50. The first-order valence-electron chi connectivity index (χ1n) is 4.30. The first kappa shape index (κ1) is 13.2. The summed E-state index contributed by atoms with van der Waals surface area (Å²) in [6.07, 6.45) is 0. The van der Waals surface area contributed by atoms with Gasteiger partial charge in [0, 0.05) is 5.02 Å². The van der Waals surface area contributed by atoms with Gasteiger partial charge in [-0.3, -0.25) is 4.79 Å². The lowest BCUT2D eigenvalue weighted by atomic mass is 10.1. The molecular formula is C10H8Cl2F2O2. The maximum absolute atomic E-state index is 12.0. The average Bonchev–Trinajstić information content (AvgIpc) is 2.19. The van der Waals surface area contributed by atoms with Gasteiger partial charge >= 0.3 is 6.61 Å². The van der Waals surface area contributed by atoms with E-state index >= 15 is 0 Å². The highest BCUT2D eigenvalue weighted by Gasteiger charge is 2.18. The van der Waals surface area contributed by atoms with Crippen molar-refractivity contribution in [2.75, 3.05) is 0 Å². The molecule has 0 aromatic heterocycles. The number of alkyl halides is 3. The molecule has 1 aromatic rings. The fraction of sp³-hybridized carbons (Fsp3) is 0.300. The zero-order valence-electron chi connectivity index (χ0n) is 8.22. The molecule has 0 N–H and O–H groups in total. The van der Waals surface area contributed by atoms with Crippen LogP contribution in [0.2, 0.25) is 5.02 Å². The molecule has 0 heterocycles. The van der Waals surface area contributed by atoms with Gasteiger partial charge in [-0.1, -0.05) is 11.6 Å². The van der Waals surface area contributed by atoms with Gasteiger partial charge in [0.05, 0.1) is 0 Å². The van der Waals surface area contributed by atoms with Crippen LogP contribution < -0.4 is 4.74 Å². The molecule has 0 radical (unpaired) electrons. The molecule has 88 valence electrons. The summed E-state index contributed by atoms with van der Waals surface area (Å²) in [4.78, 5) is 11.1. The summed E-state index contributed by atoms with van der Waals surface area (Å²) >= 11 is 11.6. The smallest absolute Gasteiger partial charge is 0.387 e. The third kappa shape index (κ3) is 3.32. The zero-order chi connectivity index (χ0) is 12.3. The number of Topliss-reactive ketones (excluding diaryl/α,β-unsaturated/α-hetero) is 1. The second kappa shape index (κ2) is 5.46. The molecule has 0 saturated carbocycles. The van der Waals surface area contributed by atoms with Gasteiger partial charge in [-0.25, -0.2) is 0 Å². The minimum absolute atomic E-state index is 0.0821. The van der Waals surface area contributed by atoms with Crippen molar-refractivity contribution >= 4 is 29.0 Å². The van der Waals surface area contributed by atoms with E-state index in [1.54, 1.807) is 0 Å². The van der Waals surface area contributed by atoms with E-state index in [1.807, 2.05) is 0 Å². The molecular weight excluding hydrogens is 261 g/mol. The fourth-order valence-electron chi connectivity index (χ4n) is 1.11. The van der Waals surface area contributed by atoms with Crippen LogP contribution in [0.15, 0.2) is 18.2 Å². The third-order valence-corrected chi connectivity index (χ3v) is 2.71. The lowest BCUT2D eigenvalue weighted by Gasteiger charge is -2.11. The monoisotopic (exact) mass is 268 g/mol. The van der Waals surface area contributed by atoms with E-state index in [-0.39, 0.29) is 22.1 Å². The second-order valence-electron chi connectivity index (χ2n) is 3.04. The molecule has 0 aliphatic heterocycles. The van der Waals surface area contributed by atoms with Crippen molar-refractivity contribution in [1.29, 1.82) is 0 Å². The van der Waals surface area contributed by atoms with Crippen LogP contribution >= 0.6 is 23.2 Å². The van der Waals surface area contributed by atoms with Crippen molar-refractivity contribution in [3.63, 3.8) is 0 Å².